The molecule has 0 saturated carbocycles. The predicted octanol–water partition coefficient (Wildman–Crippen LogP) is -15.2. The maximum Gasteiger partial charge on any atom is 0.761 e. The molecule has 0 radical (unpaired) electrons. The van der Waals surface area contributed by atoms with Gasteiger partial charge in [-0.2, -0.15) is 0 Å². The van der Waals surface area contributed by atoms with Crippen LogP contribution in [0.2, 0.25) is 0 Å². The molecule has 0 aromatic rings. The largest absolute Gasteiger partial charge is 0.761 e. The van der Waals surface area contributed by atoms with Crippen molar-refractivity contribution in [3.8, 4) is 0 Å². The highest BCUT2D eigenvalue weighted by atomic mass is 29.6. The first-order valence-electron chi connectivity index (χ1n) is 5.07. The molecule has 0 rings (SSSR count). The highest BCUT2D eigenvalue weighted by Crippen LogP contribution is 1.95. The Hall–Kier alpha value is -0.945. The summed E-state index contributed by atoms with van der Waals surface area (Å²) in [6.45, 7) is 0. The standard InChI is InChI=1S/5CH4.H10O5Si4.H4O4Si.2H2O3Si.O2Si.O2.8H2O/c;;;;;1-8(2,3)5-9(4,6)7;1-5(2,3)4;2*1-4(2)3;1-3-2;1-2;;;;;;;;/h5*1H4;1-4H,6-7H3;1-4H;2*1-2H;;;8*1H2. The van der Waals surface area contributed by atoms with E-state index in [0.29, 0.717) is 19.5 Å². The lowest BCUT2D eigenvalue weighted by Crippen LogP contribution is -2.54. The molecular formula is C5H54O27Si8. The van der Waals surface area contributed by atoms with Gasteiger partial charge >= 0.3 is 45.7 Å². The second-order valence-corrected chi connectivity index (χ2v) is 27.9. The molecule has 40 heavy (non-hydrogen) atoms. The van der Waals surface area contributed by atoms with Crippen molar-refractivity contribution in [1.82, 2.24) is 0 Å². The second kappa shape index (κ2) is 83.2. The molecule has 268 valence electrons. The average Bonchev–Trinajstić information content (AvgIpc) is 2.23. The molecule has 0 aliphatic rings. The second-order valence-electron chi connectivity index (χ2n) is 3.37. The van der Waals surface area contributed by atoms with Crippen LogP contribution in [0.3, 0.4) is 0 Å². The Bertz CT molecular complexity index is 363. The molecule has 0 aliphatic heterocycles. The molecule has 0 fully saturated rings. The van der Waals surface area contributed by atoms with Gasteiger partial charge in [0.1, 0.15) is 0 Å². The Morgan fingerprint density at radius 2 is 0.600 bits per heavy atom. The first-order valence-corrected chi connectivity index (χ1v) is 20.9. The molecule has 0 saturated heterocycles. The summed E-state index contributed by atoms with van der Waals surface area (Å²) in [7, 11) is -18.6. The number of rotatable bonds is 2. The zero-order chi connectivity index (χ0) is 24.1. The summed E-state index contributed by atoms with van der Waals surface area (Å²) in [6.07, 6.45) is 0. The van der Waals surface area contributed by atoms with Crippen LogP contribution in [0, 0.1) is 9.93 Å². The topological polar surface area (TPSA) is 606 Å². The third-order valence-corrected chi connectivity index (χ3v) is 7.15. The average molecular weight is 771 g/mol. The Labute approximate surface area is 243 Å². The van der Waals surface area contributed by atoms with E-state index in [2.05, 4.69) is 4.12 Å². The van der Waals surface area contributed by atoms with Crippen LogP contribution in [0.25, 0.3) is 0 Å². The van der Waals surface area contributed by atoms with E-state index in [0.717, 1.165) is 0 Å². The molecule has 27 nitrogen and oxygen atoms in total. The fraction of sp³-hybridized carbons (Fsp3) is 1.00. The minimum atomic E-state index is -4.61. The zero-order valence-corrected chi connectivity index (χ0v) is 27.2. The van der Waals surface area contributed by atoms with E-state index in [1.54, 1.807) is 0 Å². The molecular weight excluding hydrogens is 717 g/mol. The maximum absolute atomic E-state index is 8.95. The van der Waals surface area contributed by atoms with Gasteiger partial charge in [-0.05, 0) is 0 Å². The quantitative estimate of drug-likeness (QED) is 0.116. The Kier molecular flexibility index (Phi) is 293. The summed E-state index contributed by atoms with van der Waals surface area (Å²) in [5.41, 5.74) is 0. The summed E-state index contributed by atoms with van der Waals surface area (Å²) in [5.74, 6) is 0. The molecule has 0 heterocycles. The van der Waals surface area contributed by atoms with E-state index < -0.39 is 53.3 Å². The van der Waals surface area contributed by atoms with Gasteiger partial charge in [0.25, 0.3) is 7.60 Å². The highest BCUT2D eigenvalue weighted by molar-refractivity contribution is 7.35. The van der Waals surface area contributed by atoms with Gasteiger partial charge in [-0.3, -0.25) is 17.8 Å². The van der Waals surface area contributed by atoms with Crippen molar-refractivity contribution in [1.29, 1.82) is 0 Å². The Morgan fingerprint density at radius 1 is 0.525 bits per heavy atom. The van der Waals surface area contributed by atoms with Crippen LogP contribution in [0.1, 0.15) is 37.1 Å². The fourth-order valence-electron chi connectivity index (χ4n) is 0.335. The molecule has 0 bridgehead atoms. The van der Waals surface area contributed by atoms with Crippen molar-refractivity contribution in [3.63, 3.8) is 0 Å². The molecule has 0 unspecified atom stereocenters. The lowest BCUT2D eigenvalue weighted by molar-refractivity contribution is 0.115. The number of hydrogen-bond donors (Lipinski definition) is 12. The van der Waals surface area contributed by atoms with Crippen molar-refractivity contribution < 1.29 is 123 Å². The van der Waals surface area contributed by atoms with Crippen LogP contribution >= 0.6 is 0 Å². The lowest BCUT2D eigenvalue weighted by Gasteiger charge is -2.19. The zero-order valence-electron chi connectivity index (χ0n) is 17.2. The molecule has 28 N–H and O–H groups in total. The molecule has 0 spiro atoms. The van der Waals surface area contributed by atoms with Gasteiger partial charge in [0.2, 0.25) is 0 Å². The van der Waals surface area contributed by atoms with Crippen molar-refractivity contribution in [2.24, 2.45) is 0 Å². The molecule has 0 aliphatic carbocycles. The molecule has 0 aromatic heterocycles. The van der Waals surface area contributed by atoms with Gasteiger partial charge in [0, 0.05) is 9.93 Å². The van der Waals surface area contributed by atoms with E-state index in [1.165, 1.54) is 0 Å². The van der Waals surface area contributed by atoms with Crippen LogP contribution in [-0.4, -0.2) is 174 Å². The summed E-state index contributed by atoms with van der Waals surface area (Å²) < 4.78 is 38.5. The Balaban J connectivity index is -0.00000000765. The van der Waals surface area contributed by atoms with E-state index in [9.17, 15) is 0 Å². The molecule has 0 aromatic carbocycles. The van der Waals surface area contributed by atoms with Crippen LogP contribution in [0.15, 0.2) is 0 Å². The van der Waals surface area contributed by atoms with Gasteiger partial charge < -0.3 is 105 Å². The van der Waals surface area contributed by atoms with E-state index in [4.69, 9.17) is 85.3 Å². The number of hydrogen-bond acceptors (Lipinski definition) is 15. The molecule has 0 atom stereocenters. The van der Waals surface area contributed by atoms with Crippen LogP contribution in [0.4, 0.5) is 0 Å². The SMILES string of the molecule is C.C.C.C.C.O.O.O.O.O.O.O.O.O=O.O=[Si](O)O.O=[Si](O)O.O=[Si]=O.O[Si](O)(O)O.O[Si](O)(O)O[Si](O)([SiH3])[SiH3]. The third kappa shape index (κ3) is 1890. The normalized spacial score (nSPS) is 7.50. The summed E-state index contributed by atoms with van der Waals surface area (Å²) in [5, 5.41) is 0. The van der Waals surface area contributed by atoms with Crippen molar-refractivity contribution in [2.75, 3.05) is 0 Å². The van der Waals surface area contributed by atoms with E-state index >= 15 is 0 Å². The Morgan fingerprint density at radius 3 is 0.600 bits per heavy atom. The van der Waals surface area contributed by atoms with Gasteiger partial charge in [-0.15, -0.1) is 0 Å². The lowest BCUT2D eigenvalue weighted by atomic mass is 12.0. The monoisotopic (exact) mass is 770 g/mol. The minimum absolute atomic E-state index is 0. The summed E-state index contributed by atoms with van der Waals surface area (Å²) >= 11 is 0. The predicted molar refractivity (Wildman–Crippen MR) is 154 cm³/mol. The van der Waals surface area contributed by atoms with Crippen LogP contribution in [-0.2, 0) is 22.0 Å². The summed E-state index contributed by atoms with van der Waals surface area (Å²) in [6, 6.07) is 0. The first kappa shape index (κ1) is 141. The van der Waals surface area contributed by atoms with Gasteiger partial charge in [-0.1, -0.05) is 37.1 Å². The fourth-order valence-corrected chi connectivity index (χ4v) is 7.95. The van der Waals surface area contributed by atoms with Gasteiger partial charge in [0.05, 0.1) is 19.5 Å². The van der Waals surface area contributed by atoms with Crippen molar-refractivity contribution in [2.45, 2.75) is 37.1 Å². The van der Waals surface area contributed by atoms with Crippen LogP contribution in [0.5, 0.6) is 0 Å². The van der Waals surface area contributed by atoms with Crippen molar-refractivity contribution >= 4 is 72.8 Å². The summed E-state index contributed by atoms with van der Waals surface area (Å²) in [4.78, 5) is 106. The van der Waals surface area contributed by atoms with E-state index in [-0.39, 0.29) is 80.9 Å². The molecule has 35 heteroatoms. The third-order valence-electron chi connectivity index (χ3n) is 0.387. The minimum Gasteiger partial charge on any atom is -0.511 e. The van der Waals surface area contributed by atoms with Crippen LogP contribution < -0.4 is 0 Å². The van der Waals surface area contributed by atoms with Gasteiger partial charge in [-0.25, -0.2) is 0 Å². The first-order chi connectivity index (χ1) is 11.6. The van der Waals surface area contributed by atoms with E-state index in [1.807, 2.05) is 0 Å². The van der Waals surface area contributed by atoms with Crippen molar-refractivity contribution in [3.05, 3.63) is 9.93 Å². The smallest absolute Gasteiger partial charge is 0.511 e. The highest BCUT2D eigenvalue weighted by Gasteiger charge is 2.38. The maximum atomic E-state index is 8.95. The molecule has 0 amide bonds. The van der Waals surface area contributed by atoms with Gasteiger partial charge in [0.15, 0.2) is 0 Å².